The molecular weight excluding hydrogens is 246 g/mol. The molecule has 1 aromatic carbocycles. The smallest absolute Gasteiger partial charge is 0.354 e. The van der Waals surface area contributed by atoms with Crippen molar-refractivity contribution in [3.63, 3.8) is 0 Å². The second-order valence-corrected chi connectivity index (χ2v) is 4.04. The van der Waals surface area contributed by atoms with Crippen molar-refractivity contribution in [1.82, 2.24) is 15.3 Å². The van der Waals surface area contributed by atoms with Crippen LogP contribution in [0.4, 0.5) is 0 Å². The molecule has 0 saturated heterocycles. The summed E-state index contributed by atoms with van der Waals surface area (Å²) in [4.78, 5) is 28.9. The second-order valence-electron chi connectivity index (χ2n) is 4.04. The molecule has 19 heavy (non-hydrogen) atoms. The van der Waals surface area contributed by atoms with Gasteiger partial charge in [0.15, 0.2) is 11.4 Å². The molecule has 0 aliphatic rings. The van der Waals surface area contributed by atoms with E-state index in [1.807, 2.05) is 31.2 Å². The second kappa shape index (κ2) is 5.34. The van der Waals surface area contributed by atoms with Crippen LogP contribution < -0.4 is 5.32 Å². The van der Waals surface area contributed by atoms with Gasteiger partial charge in [0.05, 0.1) is 6.33 Å². The van der Waals surface area contributed by atoms with Crippen molar-refractivity contribution < 1.29 is 14.7 Å². The summed E-state index contributed by atoms with van der Waals surface area (Å²) in [5, 5.41) is 11.5. The molecule has 6 heteroatoms. The first-order valence-corrected chi connectivity index (χ1v) is 5.69. The molecule has 0 spiro atoms. The Hall–Kier alpha value is -2.63. The Morgan fingerprint density at radius 3 is 2.79 bits per heavy atom. The van der Waals surface area contributed by atoms with Gasteiger partial charge in [-0.05, 0) is 18.1 Å². The third-order valence-electron chi connectivity index (χ3n) is 2.77. The third kappa shape index (κ3) is 2.79. The zero-order chi connectivity index (χ0) is 13.8. The van der Waals surface area contributed by atoms with E-state index in [-0.39, 0.29) is 11.4 Å². The number of aromatic amines is 1. The maximum Gasteiger partial charge on any atom is 0.354 e. The lowest BCUT2D eigenvalue weighted by Gasteiger charge is -2.06. The molecule has 0 aliphatic heterocycles. The van der Waals surface area contributed by atoms with E-state index >= 15 is 0 Å². The first-order valence-electron chi connectivity index (χ1n) is 5.69. The number of imidazole rings is 1. The minimum atomic E-state index is -1.21. The van der Waals surface area contributed by atoms with E-state index in [1.165, 1.54) is 6.33 Å². The van der Waals surface area contributed by atoms with E-state index in [0.29, 0.717) is 6.54 Å². The van der Waals surface area contributed by atoms with Crippen LogP contribution in [0.2, 0.25) is 0 Å². The Bertz CT molecular complexity index is 619. The maximum atomic E-state index is 11.9. The number of aryl methyl sites for hydroxylation is 1. The Balaban J connectivity index is 2.08. The predicted octanol–water partition coefficient (Wildman–Crippen LogP) is 1.35. The SMILES string of the molecule is Cc1ccccc1CNC(=O)c1nc[nH]c1C(=O)O. The van der Waals surface area contributed by atoms with E-state index in [0.717, 1.165) is 11.1 Å². The molecule has 0 atom stereocenters. The van der Waals surface area contributed by atoms with Gasteiger partial charge < -0.3 is 15.4 Å². The standard InChI is InChI=1S/C13H13N3O3/c1-8-4-2-3-5-9(8)6-14-12(17)10-11(13(18)19)16-7-15-10/h2-5,7H,6H2,1H3,(H,14,17)(H,15,16)(H,18,19). The molecule has 2 rings (SSSR count). The molecular formula is C13H13N3O3. The molecule has 0 radical (unpaired) electrons. The third-order valence-corrected chi connectivity index (χ3v) is 2.77. The molecule has 0 aliphatic carbocycles. The molecule has 2 aromatic rings. The summed E-state index contributed by atoms with van der Waals surface area (Å²) >= 11 is 0. The maximum absolute atomic E-state index is 11.9. The van der Waals surface area contributed by atoms with Crippen LogP contribution in [0.3, 0.4) is 0 Å². The van der Waals surface area contributed by atoms with Gasteiger partial charge in [-0.25, -0.2) is 9.78 Å². The van der Waals surface area contributed by atoms with E-state index < -0.39 is 11.9 Å². The molecule has 0 saturated carbocycles. The number of rotatable bonds is 4. The number of aromatic carboxylic acids is 1. The van der Waals surface area contributed by atoms with Crippen LogP contribution in [0.15, 0.2) is 30.6 Å². The van der Waals surface area contributed by atoms with Gasteiger partial charge in [-0.2, -0.15) is 0 Å². The zero-order valence-electron chi connectivity index (χ0n) is 10.3. The van der Waals surface area contributed by atoms with Crippen molar-refractivity contribution in [1.29, 1.82) is 0 Å². The monoisotopic (exact) mass is 259 g/mol. The summed E-state index contributed by atoms with van der Waals surface area (Å²) in [5.41, 5.74) is 1.72. The number of aromatic nitrogens is 2. The van der Waals surface area contributed by atoms with Crippen molar-refractivity contribution in [2.45, 2.75) is 13.5 Å². The van der Waals surface area contributed by atoms with Crippen molar-refractivity contribution in [2.24, 2.45) is 0 Å². The Morgan fingerprint density at radius 1 is 1.37 bits per heavy atom. The van der Waals surface area contributed by atoms with Crippen LogP contribution >= 0.6 is 0 Å². The number of benzene rings is 1. The number of hydrogen-bond donors (Lipinski definition) is 3. The fraction of sp³-hybridized carbons (Fsp3) is 0.154. The highest BCUT2D eigenvalue weighted by atomic mass is 16.4. The van der Waals surface area contributed by atoms with E-state index in [9.17, 15) is 9.59 Å². The number of carboxylic acid groups (broad SMARTS) is 1. The van der Waals surface area contributed by atoms with Gasteiger partial charge in [0.1, 0.15) is 0 Å². The number of nitrogens with one attached hydrogen (secondary N) is 2. The molecule has 0 fully saturated rings. The van der Waals surface area contributed by atoms with Crippen LogP contribution in [0.5, 0.6) is 0 Å². The van der Waals surface area contributed by atoms with Crippen molar-refractivity contribution in [2.75, 3.05) is 0 Å². The number of nitrogens with zero attached hydrogens (tertiary/aromatic N) is 1. The fourth-order valence-electron chi connectivity index (χ4n) is 1.70. The first-order chi connectivity index (χ1) is 9.09. The van der Waals surface area contributed by atoms with E-state index in [1.54, 1.807) is 0 Å². The van der Waals surface area contributed by atoms with E-state index in [2.05, 4.69) is 15.3 Å². The summed E-state index contributed by atoms with van der Waals surface area (Å²) in [7, 11) is 0. The Morgan fingerprint density at radius 2 is 2.11 bits per heavy atom. The van der Waals surface area contributed by atoms with Gasteiger partial charge in [0, 0.05) is 6.54 Å². The van der Waals surface area contributed by atoms with Gasteiger partial charge in [-0.3, -0.25) is 4.79 Å². The molecule has 1 aromatic heterocycles. The number of amides is 1. The van der Waals surface area contributed by atoms with Crippen molar-refractivity contribution in [3.05, 3.63) is 53.1 Å². The van der Waals surface area contributed by atoms with Crippen LogP contribution in [0.1, 0.15) is 32.1 Å². The molecule has 6 nitrogen and oxygen atoms in total. The number of carbonyl (C=O) groups is 2. The lowest BCUT2D eigenvalue weighted by atomic mass is 10.1. The van der Waals surface area contributed by atoms with Gasteiger partial charge in [-0.1, -0.05) is 24.3 Å². The lowest BCUT2D eigenvalue weighted by Crippen LogP contribution is -2.25. The fourth-order valence-corrected chi connectivity index (χ4v) is 1.70. The first kappa shape index (κ1) is 12.8. The summed E-state index contributed by atoms with van der Waals surface area (Å²) in [6, 6.07) is 7.64. The molecule has 0 bridgehead atoms. The average molecular weight is 259 g/mol. The topological polar surface area (TPSA) is 95.1 Å². The van der Waals surface area contributed by atoms with Gasteiger partial charge in [-0.15, -0.1) is 0 Å². The Labute approximate surface area is 109 Å². The average Bonchev–Trinajstić information content (AvgIpc) is 2.87. The summed E-state index contributed by atoms with van der Waals surface area (Å²) < 4.78 is 0. The molecule has 98 valence electrons. The van der Waals surface area contributed by atoms with Gasteiger partial charge >= 0.3 is 5.97 Å². The molecule has 0 unspecified atom stereocenters. The quantitative estimate of drug-likeness (QED) is 0.772. The highest BCUT2D eigenvalue weighted by Gasteiger charge is 2.19. The number of hydrogen-bond acceptors (Lipinski definition) is 3. The van der Waals surface area contributed by atoms with Crippen LogP contribution in [0, 0.1) is 6.92 Å². The highest BCUT2D eigenvalue weighted by Crippen LogP contribution is 2.07. The summed E-state index contributed by atoms with van der Waals surface area (Å²) in [5.74, 6) is -1.72. The van der Waals surface area contributed by atoms with Crippen molar-refractivity contribution >= 4 is 11.9 Å². The van der Waals surface area contributed by atoms with E-state index in [4.69, 9.17) is 5.11 Å². The molecule has 1 amide bonds. The summed E-state index contributed by atoms with van der Waals surface area (Å²) in [6.45, 7) is 2.27. The summed E-state index contributed by atoms with van der Waals surface area (Å²) in [6.07, 6.45) is 1.19. The lowest BCUT2D eigenvalue weighted by molar-refractivity contribution is 0.0685. The van der Waals surface area contributed by atoms with Gasteiger partial charge in [0.2, 0.25) is 0 Å². The largest absolute Gasteiger partial charge is 0.477 e. The van der Waals surface area contributed by atoms with Gasteiger partial charge in [0.25, 0.3) is 5.91 Å². The van der Waals surface area contributed by atoms with Crippen molar-refractivity contribution in [3.8, 4) is 0 Å². The van der Waals surface area contributed by atoms with Crippen LogP contribution in [-0.2, 0) is 6.54 Å². The normalized spacial score (nSPS) is 10.2. The molecule has 3 N–H and O–H groups in total. The zero-order valence-corrected chi connectivity index (χ0v) is 10.3. The molecule has 1 heterocycles. The number of carboxylic acids is 1. The minimum absolute atomic E-state index is 0.110. The Kier molecular flexibility index (Phi) is 3.61. The number of carbonyl (C=O) groups excluding carboxylic acids is 1. The number of H-pyrrole nitrogens is 1. The van der Waals surface area contributed by atoms with Crippen LogP contribution in [-0.4, -0.2) is 27.0 Å². The predicted molar refractivity (Wildman–Crippen MR) is 67.9 cm³/mol. The van der Waals surface area contributed by atoms with Crippen LogP contribution in [0.25, 0.3) is 0 Å². The minimum Gasteiger partial charge on any atom is -0.477 e. The highest BCUT2D eigenvalue weighted by molar-refractivity contribution is 6.02.